The molecule has 0 unspecified atom stereocenters. The molecule has 2 amide bonds. The van der Waals surface area contributed by atoms with E-state index in [2.05, 4.69) is 24.5 Å². The summed E-state index contributed by atoms with van der Waals surface area (Å²) in [6.07, 6.45) is 0. The summed E-state index contributed by atoms with van der Waals surface area (Å²) >= 11 is 0. The van der Waals surface area contributed by atoms with Gasteiger partial charge in [0.15, 0.2) is 0 Å². The topological polar surface area (TPSA) is 67.4 Å². The van der Waals surface area contributed by atoms with Crippen LogP contribution in [0.5, 0.6) is 5.75 Å². The van der Waals surface area contributed by atoms with E-state index in [1.54, 1.807) is 55.6 Å². The summed E-state index contributed by atoms with van der Waals surface area (Å²) in [5.74, 6) is 0.823. The molecule has 2 aromatic rings. The van der Waals surface area contributed by atoms with Crippen LogP contribution >= 0.6 is 0 Å². The minimum Gasteiger partial charge on any atom is -0.493 e. The van der Waals surface area contributed by atoms with Crippen LogP contribution in [0, 0.1) is 5.92 Å². The van der Waals surface area contributed by atoms with E-state index in [0.717, 1.165) is 5.75 Å². The highest BCUT2D eigenvalue weighted by Gasteiger charge is 2.08. The number of ether oxygens (including phenoxy) is 1. The molecular formula is C19H22N2O3. The van der Waals surface area contributed by atoms with Gasteiger partial charge in [0, 0.05) is 23.9 Å². The van der Waals surface area contributed by atoms with Crippen molar-refractivity contribution in [1.82, 2.24) is 5.32 Å². The maximum Gasteiger partial charge on any atom is 0.255 e. The molecule has 0 aliphatic rings. The second-order valence-electron chi connectivity index (χ2n) is 5.84. The molecule has 5 heteroatoms. The standard InChI is InChI=1S/C19H22N2O3/c1-13(2)12-24-17-10-6-15(7-11-17)19(23)21-16-8-4-14(5-9-16)18(22)20-3/h4-11,13H,12H2,1-3H3,(H,20,22)(H,21,23). The van der Waals surface area contributed by atoms with Crippen LogP contribution in [0.4, 0.5) is 5.69 Å². The van der Waals surface area contributed by atoms with E-state index >= 15 is 0 Å². The average Bonchev–Trinajstić information content (AvgIpc) is 2.60. The Morgan fingerprint density at radius 1 is 0.917 bits per heavy atom. The molecule has 0 spiro atoms. The Bertz CT molecular complexity index is 692. The van der Waals surface area contributed by atoms with Crippen molar-refractivity contribution < 1.29 is 14.3 Å². The lowest BCUT2D eigenvalue weighted by atomic mass is 10.1. The van der Waals surface area contributed by atoms with Crippen molar-refractivity contribution in [3.63, 3.8) is 0 Å². The molecule has 0 bridgehead atoms. The Kier molecular flexibility index (Phi) is 5.95. The van der Waals surface area contributed by atoms with E-state index in [-0.39, 0.29) is 11.8 Å². The second kappa shape index (κ2) is 8.15. The maximum absolute atomic E-state index is 12.2. The number of carbonyl (C=O) groups is 2. The largest absolute Gasteiger partial charge is 0.493 e. The van der Waals surface area contributed by atoms with Crippen LogP contribution in [0.2, 0.25) is 0 Å². The number of hydrogen-bond donors (Lipinski definition) is 2. The fourth-order valence-electron chi connectivity index (χ4n) is 2.02. The summed E-state index contributed by atoms with van der Waals surface area (Å²) in [7, 11) is 1.58. The van der Waals surface area contributed by atoms with E-state index in [1.165, 1.54) is 0 Å². The van der Waals surface area contributed by atoms with Crippen LogP contribution in [-0.2, 0) is 0 Å². The number of amides is 2. The minimum absolute atomic E-state index is 0.162. The van der Waals surface area contributed by atoms with Gasteiger partial charge >= 0.3 is 0 Å². The molecule has 5 nitrogen and oxygen atoms in total. The van der Waals surface area contributed by atoms with E-state index in [0.29, 0.717) is 29.3 Å². The first-order valence-corrected chi connectivity index (χ1v) is 7.86. The van der Waals surface area contributed by atoms with Gasteiger partial charge in [0.2, 0.25) is 0 Å². The zero-order chi connectivity index (χ0) is 17.5. The van der Waals surface area contributed by atoms with Crippen LogP contribution in [0.3, 0.4) is 0 Å². The monoisotopic (exact) mass is 326 g/mol. The normalized spacial score (nSPS) is 10.3. The molecule has 2 aromatic carbocycles. The predicted molar refractivity (Wildman–Crippen MR) is 94.6 cm³/mol. The minimum atomic E-state index is -0.210. The van der Waals surface area contributed by atoms with E-state index in [1.807, 2.05) is 0 Å². The van der Waals surface area contributed by atoms with Crippen LogP contribution in [0.1, 0.15) is 34.6 Å². The lowest BCUT2D eigenvalue weighted by Gasteiger charge is -2.10. The molecular weight excluding hydrogens is 304 g/mol. The van der Waals surface area contributed by atoms with Crippen molar-refractivity contribution in [2.45, 2.75) is 13.8 Å². The molecule has 24 heavy (non-hydrogen) atoms. The molecule has 0 saturated heterocycles. The van der Waals surface area contributed by atoms with Crippen LogP contribution in [0.15, 0.2) is 48.5 Å². The quantitative estimate of drug-likeness (QED) is 0.855. The van der Waals surface area contributed by atoms with Crippen LogP contribution in [-0.4, -0.2) is 25.5 Å². The zero-order valence-corrected chi connectivity index (χ0v) is 14.1. The third-order valence-corrected chi connectivity index (χ3v) is 3.33. The molecule has 0 radical (unpaired) electrons. The lowest BCUT2D eigenvalue weighted by molar-refractivity contribution is 0.0962. The van der Waals surface area contributed by atoms with Crippen molar-refractivity contribution in [1.29, 1.82) is 0 Å². The third-order valence-electron chi connectivity index (χ3n) is 3.33. The molecule has 2 N–H and O–H groups in total. The van der Waals surface area contributed by atoms with Gasteiger partial charge in [-0.15, -0.1) is 0 Å². The first-order chi connectivity index (χ1) is 11.5. The van der Waals surface area contributed by atoms with Crippen molar-refractivity contribution in [2.75, 3.05) is 19.0 Å². The Morgan fingerprint density at radius 3 is 2.00 bits per heavy atom. The van der Waals surface area contributed by atoms with Crippen LogP contribution in [0.25, 0.3) is 0 Å². The number of carbonyl (C=O) groups excluding carboxylic acids is 2. The summed E-state index contributed by atoms with van der Waals surface area (Å²) in [6, 6.07) is 13.7. The van der Waals surface area contributed by atoms with Crippen LogP contribution < -0.4 is 15.4 Å². The summed E-state index contributed by atoms with van der Waals surface area (Å²) in [5, 5.41) is 5.35. The number of anilines is 1. The highest BCUT2D eigenvalue weighted by Crippen LogP contribution is 2.15. The lowest BCUT2D eigenvalue weighted by Crippen LogP contribution is -2.17. The van der Waals surface area contributed by atoms with Crippen molar-refractivity contribution in [2.24, 2.45) is 5.92 Å². The first kappa shape index (κ1) is 17.5. The smallest absolute Gasteiger partial charge is 0.255 e. The summed E-state index contributed by atoms with van der Waals surface area (Å²) in [6.45, 7) is 4.80. The number of hydrogen-bond acceptors (Lipinski definition) is 3. The molecule has 0 saturated carbocycles. The van der Waals surface area contributed by atoms with Crippen molar-refractivity contribution >= 4 is 17.5 Å². The van der Waals surface area contributed by atoms with E-state index < -0.39 is 0 Å². The predicted octanol–water partition coefficient (Wildman–Crippen LogP) is 3.33. The van der Waals surface area contributed by atoms with Gasteiger partial charge in [-0.1, -0.05) is 13.8 Å². The highest BCUT2D eigenvalue weighted by molar-refractivity contribution is 6.04. The first-order valence-electron chi connectivity index (χ1n) is 7.86. The Balaban J connectivity index is 1.97. The van der Waals surface area contributed by atoms with E-state index in [9.17, 15) is 9.59 Å². The third kappa shape index (κ3) is 4.84. The van der Waals surface area contributed by atoms with E-state index in [4.69, 9.17) is 4.74 Å². The summed E-state index contributed by atoms with van der Waals surface area (Å²) in [4.78, 5) is 23.7. The fraction of sp³-hybridized carbons (Fsp3) is 0.263. The van der Waals surface area contributed by atoms with Gasteiger partial charge < -0.3 is 15.4 Å². The number of nitrogens with one attached hydrogen (secondary N) is 2. The highest BCUT2D eigenvalue weighted by atomic mass is 16.5. The van der Waals surface area contributed by atoms with Gasteiger partial charge in [-0.3, -0.25) is 9.59 Å². The zero-order valence-electron chi connectivity index (χ0n) is 14.1. The molecule has 0 aliphatic carbocycles. The van der Waals surface area contributed by atoms with Crippen molar-refractivity contribution in [3.05, 3.63) is 59.7 Å². The van der Waals surface area contributed by atoms with Gasteiger partial charge in [0.25, 0.3) is 11.8 Å². The van der Waals surface area contributed by atoms with Crippen molar-refractivity contribution in [3.8, 4) is 5.75 Å². The van der Waals surface area contributed by atoms with Gasteiger partial charge in [0.05, 0.1) is 6.61 Å². The molecule has 2 rings (SSSR count). The second-order valence-corrected chi connectivity index (χ2v) is 5.84. The fourth-order valence-corrected chi connectivity index (χ4v) is 2.02. The van der Waals surface area contributed by atoms with Gasteiger partial charge in [-0.05, 0) is 54.4 Å². The molecule has 0 atom stereocenters. The SMILES string of the molecule is CNC(=O)c1ccc(NC(=O)c2ccc(OCC(C)C)cc2)cc1. The van der Waals surface area contributed by atoms with Gasteiger partial charge in [0.1, 0.15) is 5.75 Å². The van der Waals surface area contributed by atoms with Gasteiger partial charge in [-0.25, -0.2) is 0 Å². The van der Waals surface area contributed by atoms with Gasteiger partial charge in [-0.2, -0.15) is 0 Å². The molecule has 0 heterocycles. The summed E-state index contributed by atoms with van der Waals surface area (Å²) < 4.78 is 5.60. The average molecular weight is 326 g/mol. The summed E-state index contributed by atoms with van der Waals surface area (Å²) in [5.41, 5.74) is 1.72. The molecule has 126 valence electrons. The Morgan fingerprint density at radius 2 is 1.46 bits per heavy atom. The maximum atomic E-state index is 12.2. The Hall–Kier alpha value is -2.82. The Labute approximate surface area is 142 Å². The number of benzene rings is 2. The number of rotatable bonds is 6. The molecule has 0 aromatic heterocycles. The molecule has 0 aliphatic heterocycles. The molecule has 0 fully saturated rings.